The maximum absolute atomic E-state index is 13.8. The average molecular weight is 534 g/mol. The SMILES string of the molecule is CCCc1sc2nc(Sc3ccc(C(F)(F)F)cc3[N+](=O)[O-])n(-c3ccc(CC)cc3)c(=O)c2c1C. The molecule has 6 nitrogen and oxygen atoms in total. The minimum absolute atomic E-state index is 0.0414. The number of halogens is 3. The van der Waals surface area contributed by atoms with Crippen LogP contribution < -0.4 is 5.56 Å². The second-order valence-electron chi connectivity index (χ2n) is 8.17. The highest BCUT2D eigenvalue weighted by atomic mass is 32.2. The van der Waals surface area contributed by atoms with Gasteiger partial charge in [0.2, 0.25) is 0 Å². The van der Waals surface area contributed by atoms with E-state index in [9.17, 15) is 28.1 Å². The van der Waals surface area contributed by atoms with Crippen molar-refractivity contribution in [3.8, 4) is 5.69 Å². The van der Waals surface area contributed by atoms with E-state index < -0.39 is 22.4 Å². The number of rotatable bonds is 7. The van der Waals surface area contributed by atoms with Crippen LogP contribution in [0.5, 0.6) is 0 Å². The van der Waals surface area contributed by atoms with Crippen molar-refractivity contribution < 1.29 is 18.1 Å². The Balaban J connectivity index is 1.96. The van der Waals surface area contributed by atoms with Crippen LogP contribution in [0.4, 0.5) is 18.9 Å². The Kier molecular flexibility index (Phi) is 7.24. The van der Waals surface area contributed by atoms with E-state index in [1.807, 2.05) is 32.9 Å². The van der Waals surface area contributed by atoms with E-state index in [-0.39, 0.29) is 15.6 Å². The van der Waals surface area contributed by atoms with Crippen molar-refractivity contribution >= 4 is 39.0 Å². The summed E-state index contributed by atoms with van der Waals surface area (Å²) in [6.07, 6.45) is -2.25. The van der Waals surface area contributed by atoms with Crippen LogP contribution in [0.2, 0.25) is 0 Å². The van der Waals surface area contributed by atoms with Gasteiger partial charge in [-0.05, 0) is 66.9 Å². The molecular formula is C25H22F3N3O3S2. The molecule has 0 N–H and O–H groups in total. The van der Waals surface area contributed by atoms with E-state index >= 15 is 0 Å². The maximum Gasteiger partial charge on any atom is 0.416 e. The first-order valence-electron chi connectivity index (χ1n) is 11.2. The monoisotopic (exact) mass is 533 g/mol. The zero-order valence-electron chi connectivity index (χ0n) is 19.7. The van der Waals surface area contributed by atoms with Gasteiger partial charge in [0.15, 0.2) is 5.16 Å². The number of aryl methyl sites for hydroxylation is 3. The molecule has 0 aliphatic rings. The number of nitro benzene ring substituents is 1. The molecule has 0 aliphatic carbocycles. The predicted octanol–water partition coefficient (Wildman–Crippen LogP) is 7.35. The average Bonchev–Trinajstić information content (AvgIpc) is 3.14. The summed E-state index contributed by atoms with van der Waals surface area (Å²) in [5.41, 5.74) is 0.290. The molecule has 0 amide bonds. The van der Waals surface area contributed by atoms with Gasteiger partial charge in [-0.1, -0.05) is 32.4 Å². The van der Waals surface area contributed by atoms with Crippen LogP contribution in [0, 0.1) is 17.0 Å². The molecule has 0 fully saturated rings. The minimum atomic E-state index is -4.72. The van der Waals surface area contributed by atoms with E-state index in [0.29, 0.717) is 22.0 Å². The molecule has 0 unspecified atom stereocenters. The molecule has 188 valence electrons. The Hall–Kier alpha value is -3.18. The molecule has 4 aromatic rings. The van der Waals surface area contributed by atoms with Crippen molar-refractivity contribution in [3.63, 3.8) is 0 Å². The van der Waals surface area contributed by atoms with Gasteiger partial charge in [-0.3, -0.25) is 19.5 Å². The fourth-order valence-corrected chi connectivity index (χ4v) is 6.19. The molecule has 0 aliphatic heterocycles. The van der Waals surface area contributed by atoms with E-state index in [1.165, 1.54) is 15.9 Å². The van der Waals surface area contributed by atoms with Crippen LogP contribution in [-0.4, -0.2) is 14.5 Å². The molecule has 0 saturated carbocycles. The molecule has 2 heterocycles. The van der Waals surface area contributed by atoms with Gasteiger partial charge in [-0.15, -0.1) is 11.3 Å². The largest absolute Gasteiger partial charge is 0.416 e. The quantitative estimate of drug-likeness (QED) is 0.141. The normalized spacial score (nSPS) is 11.8. The Bertz CT molecular complexity index is 1510. The second kappa shape index (κ2) is 10.1. The number of benzene rings is 2. The molecule has 0 atom stereocenters. The summed E-state index contributed by atoms with van der Waals surface area (Å²) in [6, 6.07) is 9.65. The van der Waals surface area contributed by atoms with Crippen LogP contribution in [0.25, 0.3) is 15.9 Å². The van der Waals surface area contributed by atoms with E-state index in [4.69, 9.17) is 0 Å². The first-order valence-corrected chi connectivity index (χ1v) is 12.9. The maximum atomic E-state index is 13.8. The number of aromatic nitrogens is 2. The van der Waals surface area contributed by atoms with Gasteiger partial charge in [-0.2, -0.15) is 13.2 Å². The molecule has 0 saturated heterocycles. The van der Waals surface area contributed by atoms with Crippen LogP contribution in [-0.2, 0) is 19.0 Å². The molecule has 0 bridgehead atoms. The van der Waals surface area contributed by atoms with Crippen LogP contribution in [0.15, 0.2) is 57.3 Å². The number of alkyl halides is 3. The minimum Gasteiger partial charge on any atom is -0.268 e. The highest BCUT2D eigenvalue weighted by Crippen LogP contribution is 2.40. The third-order valence-corrected chi connectivity index (χ3v) is 8.06. The van der Waals surface area contributed by atoms with E-state index in [1.54, 1.807) is 12.1 Å². The molecule has 36 heavy (non-hydrogen) atoms. The summed E-state index contributed by atoms with van der Waals surface area (Å²) in [4.78, 5) is 30.7. The predicted molar refractivity (Wildman–Crippen MR) is 136 cm³/mol. The van der Waals surface area contributed by atoms with Crippen molar-refractivity contribution in [2.75, 3.05) is 0 Å². The van der Waals surface area contributed by atoms with Crippen LogP contribution in [0.1, 0.15) is 41.8 Å². The van der Waals surface area contributed by atoms with Gasteiger partial charge in [0, 0.05) is 10.9 Å². The van der Waals surface area contributed by atoms with Gasteiger partial charge < -0.3 is 0 Å². The Morgan fingerprint density at radius 3 is 2.42 bits per heavy atom. The highest BCUT2D eigenvalue weighted by molar-refractivity contribution is 7.99. The summed E-state index contributed by atoms with van der Waals surface area (Å²) in [7, 11) is 0. The highest BCUT2D eigenvalue weighted by Gasteiger charge is 2.33. The lowest BCUT2D eigenvalue weighted by atomic mass is 10.1. The standard InChI is InChI=1S/C25H22F3N3O3S2/c1-4-6-19-14(3)21-22(35-19)29-24(30(23(21)32)17-10-7-15(5-2)8-11-17)36-20-12-9-16(25(26,27)28)13-18(20)31(33)34/h7-13H,4-6H2,1-3H3. The molecule has 4 rings (SSSR count). The number of nitro groups is 1. The summed E-state index contributed by atoms with van der Waals surface area (Å²) in [5, 5.41) is 12.3. The molecule has 2 aromatic carbocycles. The first-order chi connectivity index (χ1) is 17.0. The molecular weight excluding hydrogens is 511 g/mol. The Morgan fingerprint density at radius 2 is 1.83 bits per heavy atom. The van der Waals surface area contributed by atoms with E-state index in [2.05, 4.69) is 4.98 Å². The van der Waals surface area contributed by atoms with Gasteiger partial charge in [0.1, 0.15) is 4.83 Å². The number of nitrogens with zero attached hydrogens (tertiary/aromatic N) is 3. The Labute approximate surface area is 213 Å². The zero-order chi connectivity index (χ0) is 26.2. The third kappa shape index (κ3) is 4.90. The Morgan fingerprint density at radius 1 is 1.14 bits per heavy atom. The number of hydrogen-bond donors (Lipinski definition) is 0. The second-order valence-corrected chi connectivity index (χ2v) is 10.3. The fraction of sp³-hybridized carbons (Fsp3) is 0.280. The summed E-state index contributed by atoms with van der Waals surface area (Å²) < 4.78 is 40.9. The van der Waals surface area contributed by atoms with Crippen LogP contribution in [0.3, 0.4) is 0 Å². The molecule has 0 spiro atoms. The van der Waals surface area contributed by atoms with Crippen molar-refractivity contribution in [1.82, 2.24) is 9.55 Å². The smallest absolute Gasteiger partial charge is 0.268 e. The zero-order valence-corrected chi connectivity index (χ0v) is 21.3. The third-order valence-electron chi connectivity index (χ3n) is 5.80. The fourth-order valence-electron chi connectivity index (χ4n) is 3.87. The lowest BCUT2D eigenvalue weighted by molar-refractivity contribution is -0.388. The van der Waals surface area contributed by atoms with E-state index in [0.717, 1.165) is 59.2 Å². The molecule has 11 heteroatoms. The van der Waals surface area contributed by atoms with Gasteiger partial charge in [-0.25, -0.2) is 4.98 Å². The summed E-state index contributed by atoms with van der Waals surface area (Å²) in [6.45, 7) is 5.92. The lowest BCUT2D eigenvalue weighted by Gasteiger charge is -2.13. The summed E-state index contributed by atoms with van der Waals surface area (Å²) >= 11 is 2.19. The topological polar surface area (TPSA) is 78.0 Å². The number of fused-ring (bicyclic) bond motifs is 1. The van der Waals surface area contributed by atoms with Gasteiger partial charge in [0.05, 0.1) is 26.5 Å². The van der Waals surface area contributed by atoms with Crippen LogP contribution >= 0.6 is 23.1 Å². The molecule has 2 aromatic heterocycles. The first kappa shape index (κ1) is 25.9. The number of hydrogen-bond acceptors (Lipinski definition) is 6. The van der Waals surface area contributed by atoms with Crippen molar-refractivity contribution in [2.24, 2.45) is 0 Å². The summed E-state index contributed by atoms with van der Waals surface area (Å²) in [5.74, 6) is 0. The van der Waals surface area contributed by atoms with Crippen molar-refractivity contribution in [1.29, 1.82) is 0 Å². The van der Waals surface area contributed by atoms with Gasteiger partial charge >= 0.3 is 6.18 Å². The lowest BCUT2D eigenvalue weighted by Crippen LogP contribution is -2.21. The van der Waals surface area contributed by atoms with Crippen molar-refractivity contribution in [3.05, 3.63) is 84.5 Å². The molecule has 0 radical (unpaired) electrons. The number of thiophene rings is 1. The van der Waals surface area contributed by atoms with Gasteiger partial charge in [0.25, 0.3) is 11.2 Å². The van der Waals surface area contributed by atoms with Crippen molar-refractivity contribution in [2.45, 2.75) is 56.3 Å².